The third-order valence-corrected chi connectivity index (χ3v) is 3.35. The van der Waals surface area contributed by atoms with Crippen LogP contribution in [0.1, 0.15) is 24.2 Å². The second-order valence-electron chi connectivity index (χ2n) is 5.11. The topological polar surface area (TPSA) is 92.3 Å². The molecule has 21 heavy (non-hydrogen) atoms. The van der Waals surface area contributed by atoms with E-state index in [9.17, 15) is 23.1 Å². The number of carbonyl (C=O) groups is 1. The van der Waals surface area contributed by atoms with Crippen LogP contribution in [0.15, 0.2) is 6.07 Å². The van der Waals surface area contributed by atoms with Gasteiger partial charge in [-0.3, -0.25) is 4.79 Å². The molecule has 9 heteroatoms. The molecule has 2 rings (SSSR count). The number of amides is 1. The number of halogens is 3. The number of primary amides is 1. The number of nitrogens with zero attached hydrogens (tertiary/aromatic N) is 3. The zero-order valence-electron chi connectivity index (χ0n) is 11.3. The van der Waals surface area contributed by atoms with Gasteiger partial charge in [0.15, 0.2) is 5.60 Å². The van der Waals surface area contributed by atoms with Crippen molar-refractivity contribution in [2.24, 2.45) is 5.73 Å². The molecule has 1 aliphatic rings. The summed E-state index contributed by atoms with van der Waals surface area (Å²) < 4.78 is 38.3. The molecule has 1 atom stereocenters. The van der Waals surface area contributed by atoms with Crippen molar-refractivity contribution in [2.45, 2.75) is 31.5 Å². The molecule has 1 aromatic rings. The molecule has 0 aliphatic carbocycles. The maximum Gasteiger partial charge on any atom is 0.433 e. The van der Waals surface area contributed by atoms with E-state index in [1.807, 2.05) is 0 Å². The van der Waals surface area contributed by atoms with Gasteiger partial charge in [-0.1, -0.05) is 0 Å². The quantitative estimate of drug-likeness (QED) is 0.835. The van der Waals surface area contributed by atoms with E-state index in [2.05, 4.69) is 9.97 Å². The summed E-state index contributed by atoms with van der Waals surface area (Å²) in [5.41, 5.74) is 2.46. The molecule has 0 spiro atoms. The van der Waals surface area contributed by atoms with Gasteiger partial charge in [-0.25, -0.2) is 9.97 Å². The molecule has 0 saturated carbocycles. The molecule has 1 aliphatic heterocycles. The fraction of sp³-hybridized carbons (Fsp3) is 0.583. The lowest BCUT2D eigenvalue weighted by atomic mass is 9.92. The number of piperidine rings is 1. The second-order valence-corrected chi connectivity index (χ2v) is 5.11. The number of nitrogens with two attached hydrogens (primary N) is 1. The Kier molecular flexibility index (Phi) is 3.79. The molecular formula is C12H15F3N4O2. The largest absolute Gasteiger partial charge is 0.433 e. The number of hydrogen-bond donors (Lipinski definition) is 2. The fourth-order valence-corrected chi connectivity index (χ4v) is 2.25. The van der Waals surface area contributed by atoms with E-state index in [1.54, 1.807) is 0 Å². The molecule has 0 bridgehead atoms. The Morgan fingerprint density at radius 3 is 2.71 bits per heavy atom. The first-order chi connectivity index (χ1) is 9.62. The highest BCUT2D eigenvalue weighted by Crippen LogP contribution is 2.30. The number of aliphatic hydroxyl groups is 1. The average molecular weight is 304 g/mol. The molecule has 3 N–H and O–H groups in total. The molecule has 0 aromatic carbocycles. The smallest absolute Gasteiger partial charge is 0.378 e. The predicted molar refractivity (Wildman–Crippen MR) is 67.4 cm³/mol. The molecule has 1 amide bonds. The minimum atomic E-state index is -4.59. The fourth-order valence-electron chi connectivity index (χ4n) is 2.25. The zero-order valence-corrected chi connectivity index (χ0v) is 11.3. The Labute approximate surface area is 118 Å². The summed E-state index contributed by atoms with van der Waals surface area (Å²) >= 11 is 0. The van der Waals surface area contributed by atoms with Crippen LogP contribution < -0.4 is 10.6 Å². The van der Waals surface area contributed by atoms with Crippen molar-refractivity contribution >= 4 is 11.9 Å². The van der Waals surface area contributed by atoms with Crippen LogP contribution in [0.4, 0.5) is 19.1 Å². The Bertz CT molecular complexity index is 564. The van der Waals surface area contributed by atoms with E-state index in [0.29, 0.717) is 13.0 Å². The maximum absolute atomic E-state index is 12.8. The van der Waals surface area contributed by atoms with Crippen molar-refractivity contribution in [3.63, 3.8) is 0 Å². The molecule has 0 radical (unpaired) electrons. The molecule has 2 heterocycles. The number of carbonyl (C=O) groups excluding carboxylic acids is 1. The van der Waals surface area contributed by atoms with Crippen LogP contribution in [0.2, 0.25) is 0 Å². The van der Waals surface area contributed by atoms with Crippen molar-refractivity contribution in [3.8, 4) is 0 Å². The third kappa shape index (κ3) is 3.23. The second kappa shape index (κ2) is 5.14. The van der Waals surface area contributed by atoms with Crippen LogP contribution in [-0.2, 0) is 11.0 Å². The molecule has 1 unspecified atom stereocenters. The van der Waals surface area contributed by atoms with E-state index in [1.165, 1.54) is 11.8 Å². The summed E-state index contributed by atoms with van der Waals surface area (Å²) in [6.45, 7) is 1.55. The van der Waals surface area contributed by atoms with Gasteiger partial charge in [-0.2, -0.15) is 13.2 Å². The van der Waals surface area contributed by atoms with E-state index in [0.717, 1.165) is 6.07 Å². The normalized spacial score (nSPS) is 23.2. The van der Waals surface area contributed by atoms with Gasteiger partial charge in [0.1, 0.15) is 5.69 Å². The van der Waals surface area contributed by atoms with Crippen molar-refractivity contribution in [3.05, 3.63) is 17.5 Å². The summed E-state index contributed by atoms with van der Waals surface area (Å²) in [4.78, 5) is 20.0. The molecular weight excluding hydrogens is 289 g/mol. The van der Waals surface area contributed by atoms with Crippen molar-refractivity contribution < 1.29 is 23.1 Å². The summed E-state index contributed by atoms with van der Waals surface area (Å²) in [5, 5.41) is 10.1. The lowest BCUT2D eigenvalue weighted by molar-refractivity contribution is -0.141. The van der Waals surface area contributed by atoms with Gasteiger partial charge >= 0.3 is 6.18 Å². The van der Waals surface area contributed by atoms with Crippen LogP contribution in [0.3, 0.4) is 0 Å². The van der Waals surface area contributed by atoms with Crippen LogP contribution >= 0.6 is 0 Å². The van der Waals surface area contributed by atoms with Gasteiger partial charge in [0.2, 0.25) is 5.95 Å². The number of hydrogen-bond acceptors (Lipinski definition) is 5. The number of alkyl halides is 3. The van der Waals surface area contributed by atoms with Crippen molar-refractivity contribution in [2.75, 3.05) is 18.0 Å². The number of aryl methyl sites for hydroxylation is 1. The highest BCUT2D eigenvalue weighted by atomic mass is 19.4. The van der Waals surface area contributed by atoms with Crippen LogP contribution in [-0.4, -0.2) is 39.7 Å². The van der Waals surface area contributed by atoms with Gasteiger partial charge in [0.25, 0.3) is 5.91 Å². The van der Waals surface area contributed by atoms with E-state index >= 15 is 0 Å². The lowest BCUT2D eigenvalue weighted by Crippen LogP contribution is -2.56. The SMILES string of the molecule is Cc1cc(C(F)(F)F)nc(N2CCCC(O)(C(N)=O)C2)n1. The third-order valence-electron chi connectivity index (χ3n) is 3.35. The Balaban J connectivity index is 2.34. The number of rotatable bonds is 2. The molecule has 1 aromatic heterocycles. The average Bonchev–Trinajstić information content (AvgIpc) is 2.37. The summed E-state index contributed by atoms with van der Waals surface area (Å²) in [6, 6.07) is 0.841. The van der Waals surface area contributed by atoms with Gasteiger partial charge in [0, 0.05) is 12.2 Å². The zero-order chi connectivity index (χ0) is 15.8. The number of anilines is 1. The highest BCUT2D eigenvalue weighted by molar-refractivity contribution is 5.84. The summed E-state index contributed by atoms with van der Waals surface area (Å²) in [5.74, 6) is -1.07. The van der Waals surface area contributed by atoms with Crippen LogP contribution in [0, 0.1) is 6.92 Å². The minimum absolute atomic E-state index is 0.153. The van der Waals surface area contributed by atoms with Gasteiger partial charge in [0.05, 0.1) is 6.54 Å². The summed E-state index contributed by atoms with van der Waals surface area (Å²) in [7, 11) is 0. The molecule has 1 saturated heterocycles. The van der Waals surface area contributed by atoms with Gasteiger partial charge in [-0.15, -0.1) is 0 Å². The summed E-state index contributed by atoms with van der Waals surface area (Å²) in [6.07, 6.45) is -4.02. The predicted octanol–water partition coefficient (Wildman–Crippen LogP) is 0.620. The molecule has 6 nitrogen and oxygen atoms in total. The first-order valence-electron chi connectivity index (χ1n) is 6.32. The molecule has 116 valence electrons. The van der Waals surface area contributed by atoms with Crippen LogP contribution in [0.5, 0.6) is 0 Å². The van der Waals surface area contributed by atoms with Gasteiger partial charge < -0.3 is 15.7 Å². The maximum atomic E-state index is 12.8. The van der Waals surface area contributed by atoms with Crippen LogP contribution in [0.25, 0.3) is 0 Å². The first kappa shape index (κ1) is 15.5. The van der Waals surface area contributed by atoms with E-state index in [4.69, 9.17) is 5.73 Å². The van der Waals surface area contributed by atoms with E-state index in [-0.39, 0.29) is 24.6 Å². The highest BCUT2D eigenvalue weighted by Gasteiger charge is 2.40. The lowest BCUT2D eigenvalue weighted by Gasteiger charge is -2.37. The Hall–Kier alpha value is -1.90. The number of aromatic nitrogens is 2. The Morgan fingerprint density at radius 2 is 2.14 bits per heavy atom. The monoisotopic (exact) mass is 304 g/mol. The van der Waals surface area contributed by atoms with Gasteiger partial charge in [-0.05, 0) is 25.8 Å². The van der Waals surface area contributed by atoms with Crippen molar-refractivity contribution in [1.29, 1.82) is 0 Å². The standard InChI is InChI=1S/C12H15F3N4O2/c1-7-5-8(12(13,14)15)18-10(17-7)19-4-2-3-11(21,6-19)9(16)20/h5,21H,2-4,6H2,1H3,(H2,16,20). The Morgan fingerprint density at radius 1 is 1.48 bits per heavy atom. The number of β-amino-alcohol motifs (C(OH)–C–C–N with tert-alkyl or cyclic N) is 1. The first-order valence-corrected chi connectivity index (χ1v) is 6.32. The van der Waals surface area contributed by atoms with E-state index < -0.39 is 23.4 Å². The molecule has 1 fully saturated rings. The van der Waals surface area contributed by atoms with Crippen molar-refractivity contribution in [1.82, 2.24) is 9.97 Å². The minimum Gasteiger partial charge on any atom is -0.378 e.